The minimum atomic E-state index is -0.562. The largest absolute Gasteiger partial charge is 0.352 e. The molecule has 16 heavy (non-hydrogen) atoms. The van der Waals surface area contributed by atoms with Gasteiger partial charge in [0, 0.05) is 10.7 Å². The summed E-state index contributed by atoms with van der Waals surface area (Å²) in [4.78, 5) is 13.1. The SMILES string of the molecule is N#CC1CN(c2ccc(Cl)cc2)C(=O)CO1. The molecule has 1 saturated heterocycles. The van der Waals surface area contributed by atoms with Gasteiger partial charge < -0.3 is 9.64 Å². The number of amides is 1. The molecule has 4 nitrogen and oxygen atoms in total. The first-order valence-corrected chi connectivity index (χ1v) is 5.15. The standard InChI is InChI=1S/C11H9ClN2O2/c12-8-1-3-9(4-2-8)14-6-10(5-13)16-7-11(14)15/h1-4,10H,6-7H2. The molecule has 0 saturated carbocycles. The first-order chi connectivity index (χ1) is 7.70. The Labute approximate surface area is 98.0 Å². The number of hydrogen-bond acceptors (Lipinski definition) is 3. The van der Waals surface area contributed by atoms with Gasteiger partial charge in [-0.3, -0.25) is 4.79 Å². The van der Waals surface area contributed by atoms with Crippen molar-refractivity contribution in [3.63, 3.8) is 0 Å². The van der Waals surface area contributed by atoms with Crippen LogP contribution in [-0.4, -0.2) is 25.2 Å². The fourth-order valence-corrected chi connectivity index (χ4v) is 1.64. The summed E-state index contributed by atoms with van der Waals surface area (Å²) in [7, 11) is 0. The highest BCUT2D eigenvalue weighted by atomic mass is 35.5. The van der Waals surface area contributed by atoms with E-state index in [1.807, 2.05) is 6.07 Å². The Morgan fingerprint density at radius 1 is 1.44 bits per heavy atom. The van der Waals surface area contributed by atoms with Gasteiger partial charge in [0.2, 0.25) is 0 Å². The quantitative estimate of drug-likeness (QED) is 0.744. The summed E-state index contributed by atoms with van der Waals surface area (Å²) in [5.74, 6) is -0.145. The molecule has 1 aromatic carbocycles. The van der Waals surface area contributed by atoms with Crippen LogP contribution in [0.3, 0.4) is 0 Å². The van der Waals surface area contributed by atoms with Gasteiger partial charge in [0.25, 0.3) is 5.91 Å². The maximum absolute atomic E-state index is 11.6. The second-order valence-electron chi connectivity index (χ2n) is 3.41. The minimum Gasteiger partial charge on any atom is -0.352 e. The van der Waals surface area contributed by atoms with Crippen molar-refractivity contribution in [2.45, 2.75) is 6.10 Å². The van der Waals surface area contributed by atoms with Crippen molar-refractivity contribution >= 4 is 23.2 Å². The van der Waals surface area contributed by atoms with Gasteiger partial charge in [-0.15, -0.1) is 0 Å². The van der Waals surface area contributed by atoms with Crippen molar-refractivity contribution in [3.8, 4) is 6.07 Å². The lowest BCUT2D eigenvalue weighted by molar-refractivity contribution is -0.127. The number of carbonyl (C=O) groups is 1. The summed E-state index contributed by atoms with van der Waals surface area (Å²) in [5.41, 5.74) is 0.734. The second kappa shape index (κ2) is 4.52. The van der Waals surface area contributed by atoms with Gasteiger partial charge in [0.05, 0.1) is 12.6 Å². The third-order valence-electron chi connectivity index (χ3n) is 2.34. The Kier molecular flexibility index (Phi) is 3.09. The van der Waals surface area contributed by atoms with Gasteiger partial charge in [0.1, 0.15) is 6.61 Å². The molecule has 1 fully saturated rings. The van der Waals surface area contributed by atoms with Gasteiger partial charge in [-0.05, 0) is 24.3 Å². The summed E-state index contributed by atoms with van der Waals surface area (Å²) in [6, 6.07) is 8.91. The highest BCUT2D eigenvalue weighted by Gasteiger charge is 2.26. The van der Waals surface area contributed by atoms with E-state index >= 15 is 0 Å². The van der Waals surface area contributed by atoms with E-state index in [0.717, 1.165) is 5.69 Å². The molecule has 82 valence electrons. The number of benzene rings is 1. The summed E-state index contributed by atoms with van der Waals surface area (Å²) in [6.45, 7) is 0.206. The van der Waals surface area contributed by atoms with Gasteiger partial charge in [-0.25, -0.2) is 0 Å². The summed E-state index contributed by atoms with van der Waals surface area (Å²) < 4.78 is 5.04. The van der Waals surface area contributed by atoms with Gasteiger partial charge >= 0.3 is 0 Å². The maximum Gasteiger partial charge on any atom is 0.253 e. The molecular formula is C11H9ClN2O2. The number of rotatable bonds is 1. The van der Waals surface area contributed by atoms with Crippen LogP contribution in [-0.2, 0) is 9.53 Å². The van der Waals surface area contributed by atoms with E-state index in [-0.39, 0.29) is 19.1 Å². The fraction of sp³-hybridized carbons (Fsp3) is 0.273. The molecule has 1 atom stereocenters. The summed E-state index contributed by atoms with van der Waals surface area (Å²) in [5, 5.41) is 9.36. The van der Waals surface area contributed by atoms with Gasteiger partial charge in [-0.2, -0.15) is 5.26 Å². The number of halogens is 1. The molecule has 1 aliphatic heterocycles. The maximum atomic E-state index is 11.6. The molecule has 2 rings (SSSR count). The van der Waals surface area contributed by atoms with Crippen molar-refractivity contribution < 1.29 is 9.53 Å². The van der Waals surface area contributed by atoms with Crippen LogP contribution in [0.5, 0.6) is 0 Å². The highest BCUT2D eigenvalue weighted by Crippen LogP contribution is 2.20. The van der Waals surface area contributed by atoms with E-state index in [4.69, 9.17) is 21.6 Å². The number of anilines is 1. The number of nitrogens with zero attached hydrogens (tertiary/aromatic N) is 2. The van der Waals surface area contributed by atoms with Crippen molar-refractivity contribution in [2.75, 3.05) is 18.1 Å². The molecule has 0 aromatic heterocycles. The first kappa shape index (κ1) is 10.9. The molecule has 0 bridgehead atoms. The van der Waals surface area contributed by atoms with E-state index in [0.29, 0.717) is 5.02 Å². The Hall–Kier alpha value is -1.57. The van der Waals surface area contributed by atoms with E-state index in [9.17, 15) is 4.79 Å². The van der Waals surface area contributed by atoms with Crippen LogP contribution in [0.2, 0.25) is 5.02 Å². The molecule has 0 aliphatic carbocycles. The molecule has 0 radical (unpaired) electrons. The number of morpholine rings is 1. The predicted molar refractivity (Wildman–Crippen MR) is 59.2 cm³/mol. The first-order valence-electron chi connectivity index (χ1n) is 4.78. The Balaban J connectivity index is 2.22. The zero-order valence-corrected chi connectivity index (χ0v) is 9.15. The normalized spacial score (nSPS) is 20.6. The van der Waals surface area contributed by atoms with E-state index < -0.39 is 6.10 Å². The third kappa shape index (κ3) is 2.16. The van der Waals surface area contributed by atoms with Crippen molar-refractivity contribution in [1.82, 2.24) is 0 Å². The third-order valence-corrected chi connectivity index (χ3v) is 2.59. The molecule has 5 heteroatoms. The zero-order chi connectivity index (χ0) is 11.5. The molecule has 0 N–H and O–H groups in total. The molecule has 1 aromatic rings. The van der Waals surface area contributed by atoms with Gasteiger partial charge in [0.15, 0.2) is 6.10 Å². The molecule has 1 amide bonds. The van der Waals surface area contributed by atoms with Crippen LogP contribution in [0, 0.1) is 11.3 Å². The van der Waals surface area contributed by atoms with E-state index in [1.165, 1.54) is 4.90 Å². The molecule has 1 aliphatic rings. The fourth-order valence-electron chi connectivity index (χ4n) is 1.52. The molecule has 1 unspecified atom stereocenters. The highest BCUT2D eigenvalue weighted by molar-refractivity contribution is 6.30. The lowest BCUT2D eigenvalue weighted by atomic mass is 10.2. The topological polar surface area (TPSA) is 53.3 Å². The van der Waals surface area contributed by atoms with E-state index in [1.54, 1.807) is 24.3 Å². The molecule has 0 spiro atoms. The van der Waals surface area contributed by atoms with Crippen molar-refractivity contribution in [2.24, 2.45) is 0 Å². The lowest BCUT2D eigenvalue weighted by Gasteiger charge is -2.29. The van der Waals surface area contributed by atoms with Crippen LogP contribution in [0.4, 0.5) is 5.69 Å². The van der Waals surface area contributed by atoms with Crippen LogP contribution in [0.25, 0.3) is 0 Å². The Morgan fingerprint density at radius 3 is 2.75 bits per heavy atom. The minimum absolute atomic E-state index is 0.0547. The Morgan fingerprint density at radius 2 is 2.12 bits per heavy atom. The van der Waals surface area contributed by atoms with Gasteiger partial charge in [-0.1, -0.05) is 11.6 Å². The van der Waals surface area contributed by atoms with Crippen LogP contribution in [0.1, 0.15) is 0 Å². The number of carbonyl (C=O) groups excluding carboxylic acids is 1. The van der Waals surface area contributed by atoms with Crippen LogP contribution < -0.4 is 4.90 Å². The summed E-state index contributed by atoms with van der Waals surface area (Å²) >= 11 is 5.76. The lowest BCUT2D eigenvalue weighted by Crippen LogP contribution is -2.46. The monoisotopic (exact) mass is 236 g/mol. The number of nitriles is 1. The van der Waals surface area contributed by atoms with Crippen molar-refractivity contribution in [1.29, 1.82) is 5.26 Å². The average molecular weight is 237 g/mol. The smallest absolute Gasteiger partial charge is 0.253 e. The van der Waals surface area contributed by atoms with Crippen molar-refractivity contribution in [3.05, 3.63) is 29.3 Å². The molecule has 1 heterocycles. The molecular weight excluding hydrogens is 228 g/mol. The summed E-state index contributed by atoms with van der Waals surface area (Å²) in [6.07, 6.45) is -0.562. The number of ether oxygens (including phenoxy) is 1. The number of hydrogen-bond donors (Lipinski definition) is 0. The Bertz CT molecular complexity index is 438. The van der Waals surface area contributed by atoms with Crippen LogP contribution in [0.15, 0.2) is 24.3 Å². The predicted octanol–water partition coefficient (Wildman–Crippen LogP) is 1.60. The zero-order valence-electron chi connectivity index (χ0n) is 8.39. The average Bonchev–Trinajstić information content (AvgIpc) is 2.31. The van der Waals surface area contributed by atoms with Crippen LogP contribution >= 0.6 is 11.6 Å². The second-order valence-corrected chi connectivity index (χ2v) is 3.85. The van der Waals surface area contributed by atoms with E-state index in [2.05, 4.69) is 0 Å².